The van der Waals surface area contributed by atoms with Crippen LogP contribution in [0.2, 0.25) is 5.02 Å². The Morgan fingerprint density at radius 3 is 2.81 bits per heavy atom. The highest BCUT2D eigenvalue weighted by Crippen LogP contribution is 2.17. The van der Waals surface area contributed by atoms with E-state index in [1.165, 1.54) is 10.7 Å². The van der Waals surface area contributed by atoms with E-state index in [9.17, 15) is 4.79 Å². The molecule has 4 nitrogen and oxygen atoms in total. The average molecular weight is 237 g/mol. The van der Waals surface area contributed by atoms with E-state index in [-0.39, 0.29) is 5.69 Å². The van der Waals surface area contributed by atoms with Crippen LogP contribution in [-0.2, 0) is 0 Å². The second kappa shape index (κ2) is 3.98. The molecule has 16 heavy (non-hydrogen) atoms. The number of halogens is 1. The normalized spacial score (nSPS) is 10.4. The van der Waals surface area contributed by atoms with Crippen LogP contribution in [0.25, 0.3) is 5.69 Å². The zero-order valence-corrected chi connectivity index (χ0v) is 9.27. The monoisotopic (exact) mass is 236 g/mol. The van der Waals surface area contributed by atoms with E-state index in [4.69, 9.17) is 16.7 Å². The average Bonchev–Trinajstić information content (AvgIpc) is 2.60. The Morgan fingerprint density at radius 2 is 2.19 bits per heavy atom. The minimum absolute atomic E-state index is 0.125. The van der Waals surface area contributed by atoms with Crippen molar-refractivity contribution in [1.29, 1.82) is 0 Å². The third-order valence-corrected chi connectivity index (χ3v) is 2.34. The molecule has 2 aromatic rings. The minimum atomic E-state index is -1.01. The SMILES string of the molecule is Cc1cc(C(=O)O)n(-c2cccc(Cl)c2)n1. The van der Waals surface area contributed by atoms with Gasteiger partial charge in [-0.25, -0.2) is 9.48 Å². The van der Waals surface area contributed by atoms with E-state index in [0.29, 0.717) is 16.4 Å². The maximum Gasteiger partial charge on any atom is 0.354 e. The van der Waals surface area contributed by atoms with Crippen LogP contribution in [0.3, 0.4) is 0 Å². The standard InChI is InChI=1S/C11H9ClN2O2/c1-7-5-10(11(15)16)14(13-7)9-4-2-3-8(12)6-9/h2-6H,1H3,(H,15,16). The summed E-state index contributed by atoms with van der Waals surface area (Å²) in [5.74, 6) is -1.01. The van der Waals surface area contributed by atoms with Gasteiger partial charge in [-0.15, -0.1) is 0 Å². The first-order valence-corrected chi connectivity index (χ1v) is 5.01. The molecule has 2 rings (SSSR count). The Morgan fingerprint density at radius 1 is 1.44 bits per heavy atom. The first-order chi connectivity index (χ1) is 7.58. The molecule has 0 saturated carbocycles. The summed E-state index contributed by atoms with van der Waals surface area (Å²) in [6.45, 7) is 1.74. The molecule has 1 N–H and O–H groups in total. The highest BCUT2D eigenvalue weighted by atomic mass is 35.5. The Bertz CT molecular complexity index is 549. The van der Waals surface area contributed by atoms with Gasteiger partial charge in [-0.2, -0.15) is 5.10 Å². The molecular formula is C11H9ClN2O2. The summed E-state index contributed by atoms with van der Waals surface area (Å²) in [4.78, 5) is 11.0. The van der Waals surface area contributed by atoms with Gasteiger partial charge in [-0.05, 0) is 31.2 Å². The number of carboxylic acid groups (broad SMARTS) is 1. The quantitative estimate of drug-likeness (QED) is 0.872. The maximum absolute atomic E-state index is 11.0. The first kappa shape index (κ1) is 10.7. The largest absolute Gasteiger partial charge is 0.477 e. The van der Waals surface area contributed by atoms with Gasteiger partial charge in [0, 0.05) is 5.02 Å². The van der Waals surface area contributed by atoms with E-state index in [1.807, 2.05) is 0 Å². The van der Waals surface area contributed by atoms with Crippen LogP contribution in [0.15, 0.2) is 30.3 Å². The Hall–Kier alpha value is -1.81. The molecule has 0 amide bonds. The summed E-state index contributed by atoms with van der Waals surface area (Å²) in [6.07, 6.45) is 0. The third-order valence-electron chi connectivity index (χ3n) is 2.10. The number of benzene rings is 1. The number of aromatic carboxylic acids is 1. The predicted molar refractivity (Wildman–Crippen MR) is 60.3 cm³/mol. The fraction of sp³-hybridized carbons (Fsp3) is 0.0909. The third kappa shape index (κ3) is 1.92. The van der Waals surface area contributed by atoms with Crippen molar-refractivity contribution in [2.75, 3.05) is 0 Å². The predicted octanol–water partition coefficient (Wildman–Crippen LogP) is 2.53. The summed E-state index contributed by atoms with van der Waals surface area (Å²) < 4.78 is 1.36. The van der Waals surface area contributed by atoms with Gasteiger partial charge in [0.05, 0.1) is 11.4 Å². The summed E-state index contributed by atoms with van der Waals surface area (Å²) in [6, 6.07) is 8.41. The highest BCUT2D eigenvalue weighted by Gasteiger charge is 2.13. The van der Waals surface area contributed by atoms with Crippen molar-refractivity contribution in [3.8, 4) is 5.69 Å². The molecule has 0 aliphatic heterocycles. The molecule has 0 radical (unpaired) electrons. The molecule has 0 fully saturated rings. The summed E-state index contributed by atoms with van der Waals surface area (Å²) in [7, 11) is 0. The fourth-order valence-electron chi connectivity index (χ4n) is 1.46. The molecule has 0 atom stereocenters. The fourth-order valence-corrected chi connectivity index (χ4v) is 1.64. The second-order valence-electron chi connectivity index (χ2n) is 3.37. The van der Waals surface area contributed by atoms with Crippen LogP contribution in [0.1, 0.15) is 16.2 Å². The van der Waals surface area contributed by atoms with Crippen molar-refractivity contribution >= 4 is 17.6 Å². The molecule has 1 heterocycles. The number of aromatic nitrogens is 2. The van der Waals surface area contributed by atoms with Crippen molar-refractivity contribution < 1.29 is 9.90 Å². The Balaban J connectivity index is 2.59. The minimum Gasteiger partial charge on any atom is -0.477 e. The van der Waals surface area contributed by atoms with Crippen molar-refractivity contribution in [2.24, 2.45) is 0 Å². The lowest BCUT2D eigenvalue weighted by molar-refractivity contribution is 0.0687. The molecule has 0 aliphatic carbocycles. The van der Waals surface area contributed by atoms with Crippen LogP contribution in [-0.4, -0.2) is 20.9 Å². The number of aryl methyl sites for hydroxylation is 1. The van der Waals surface area contributed by atoms with Gasteiger partial charge in [0.25, 0.3) is 0 Å². The first-order valence-electron chi connectivity index (χ1n) is 4.64. The zero-order chi connectivity index (χ0) is 11.7. The number of nitrogens with zero attached hydrogens (tertiary/aromatic N) is 2. The van der Waals surface area contributed by atoms with Gasteiger partial charge in [0.15, 0.2) is 5.69 Å². The Kier molecular flexibility index (Phi) is 2.66. The van der Waals surface area contributed by atoms with Gasteiger partial charge < -0.3 is 5.11 Å². The van der Waals surface area contributed by atoms with Gasteiger partial charge in [0.1, 0.15) is 0 Å². The van der Waals surface area contributed by atoms with E-state index < -0.39 is 5.97 Å². The van der Waals surface area contributed by atoms with Crippen LogP contribution in [0.4, 0.5) is 0 Å². The van der Waals surface area contributed by atoms with Crippen molar-refractivity contribution in [3.63, 3.8) is 0 Å². The van der Waals surface area contributed by atoms with Gasteiger partial charge >= 0.3 is 5.97 Å². The lowest BCUT2D eigenvalue weighted by atomic mass is 10.3. The van der Waals surface area contributed by atoms with E-state index in [1.54, 1.807) is 31.2 Å². The highest BCUT2D eigenvalue weighted by molar-refractivity contribution is 6.30. The molecular weight excluding hydrogens is 228 g/mol. The van der Waals surface area contributed by atoms with Crippen molar-refractivity contribution in [1.82, 2.24) is 9.78 Å². The van der Waals surface area contributed by atoms with E-state index >= 15 is 0 Å². The van der Waals surface area contributed by atoms with Gasteiger partial charge in [0.2, 0.25) is 0 Å². The summed E-state index contributed by atoms with van der Waals surface area (Å²) in [5, 5.41) is 13.7. The van der Waals surface area contributed by atoms with Crippen molar-refractivity contribution in [3.05, 3.63) is 46.7 Å². The molecule has 1 aromatic carbocycles. The van der Waals surface area contributed by atoms with Crippen LogP contribution in [0.5, 0.6) is 0 Å². The molecule has 0 unspecified atom stereocenters. The van der Waals surface area contributed by atoms with E-state index in [0.717, 1.165) is 0 Å². The lowest BCUT2D eigenvalue weighted by Gasteiger charge is -2.04. The van der Waals surface area contributed by atoms with Crippen LogP contribution < -0.4 is 0 Å². The molecule has 5 heteroatoms. The number of rotatable bonds is 2. The topological polar surface area (TPSA) is 55.1 Å². The molecule has 82 valence electrons. The number of hydrogen-bond donors (Lipinski definition) is 1. The zero-order valence-electron chi connectivity index (χ0n) is 8.51. The molecule has 0 bridgehead atoms. The van der Waals surface area contributed by atoms with E-state index in [2.05, 4.69) is 5.10 Å². The molecule has 1 aromatic heterocycles. The summed E-state index contributed by atoms with van der Waals surface area (Å²) in [5.41, 5.74) is 1.41. The van der Waals surface area contributed by atoms with Crippen molar-refractivity contribution in [2.45, 2.75) is 6.92 Å². The second-order valence-corrected chi connectivity index (χ2v) is 3.80. The van der Waals surface area contributed by atoms with Gasteiger partial charge in [-0.3, -0.25) is 0 Å². The van der Waals surface area contributed by atoms with Crippen LogP contribution in [0, 0.1) is 6.92 Å². The Labute approximate surface area is 97.1 Å². The number of hydrogen-bond acceptors (Lipinski definition) is 2. The molecule has 0 spiro atoms. The number of carbonyl (C=O) groups is 1. The summed E-state index contributed by atoms with van der Waals surface area (Å²) >= 11 is 5.84. The molecule has 0 aliphatic rings. The molecule has 0 saturated heterocycles. The van der Waals surface area contributed by atoms with Crippen LogP contribution >= 0.6 is 11.6 Å². The lowest BCUT2D eigenvalue weighted by Crippen LogP contribution is -2.07. The smallest absolute Gasteiger partial charge is 0.354 e. The number of carboxylic acids is 1. The maximum atomic E-state index is 11.0. The van der Waals surface area contributed by atoms with Gasteiger partial charge in [-0.1, -0.05) is 17.7 Å².